The minimum Gasteiger partial charge on any atom is -0.373 e. The molecule has 0 aromatic carbocycles. The Bertz CT molecular complexity index is 275. The van der Waals surface area contributed by atoms with E-state index in [1.807, 2.05) is 0 Å². The first-order valence-electron chi connectivity index (χ1n) is 3.06. The molecule has 1 N–H and O–H groups in total. The zero-order chi connectivity index (χ0) is 8.27. The van der Waals surface area contributed by atoms with Crippen LogP contribution in [-0.4, -0.2) is 18.3 Å². The van der Waals surface area contributed by atoms with E-state index in [-0.39, 0.29) is 0 Å². The molecule has 0 bridgehead atoms. The number of hydrogen-bond donors (Lipinski definition) is 1. The highest BCUT2D eigenvalue weighted by molar-refractivity contribution is 6.30. The number of aromatic nitrogens is 1. The molecule has 1 rings (SSSR count). The van der Waals surface area contributed by atoms with Crippen LogP contribution >= 0.6 is 11.6 Å². The number of nitrogens with zero attached hydrogens (tertiary/aromatic N) is 1. The predicted molar refractivity (Wildman–Crippen MR) is 44.2 cm³/mol. The zero-order valence-corrected chi connectivity index (χ0v) is 6.72. The van der Waals surface area contributed by atoms with Gasteiger partial charge in [-0.1, -0.05) is 11.6 Å². The first kappa shape index (κ1) is 8.01. The molecule has 0 saturated heterocycles. The van der Waals surface area contributed by atoms with Gasteiger partial charge in [0.2, 0.25) is 0 Å². The lowest BCUT2D eigenvalue weighted by atomic mass is 10.3. The molecule has 0 fully saturated rings. The maximum absolute atomic E-state index is 10.4. The number of rotatable bonds is 2. The van der Waals surface area contributed by atoms with Crippen LogP contribution in [0.5, 0.6) is 0 Å². The third kappa shape index (κ3) is 1.68. The van der Waals surface area contributed by atoms with E-state index in [1.165, 1.54) is 6.20 Å². The second kappa shape index (κ2) is 3.34. The van der Waals surface area contributed by atoms with E-state index in [0.29, 0.717) is 22.7 Å². The summed E-state index contributed by atoms with van der Waals surface area (Å²) in [6.07, 6.45) is 2.20. The third-order valence-corrected chi connectivity index (χ3v) is 1.45. The van der Waals surface area contributed by atoms with Gasteiger partial charge in [0.05, 0.1) is 10.6 Å². The number of halogens is 1. The van der Waals surface area contributed by atoms with Crippen molar-refractivity contribution in [2.24, 2.45) is 0 Å². The number of pyridine rings is 1. The van der Waals surface area contributed by atoms with Crippen molar-refractivity contribution in [3.8, 4) is 0 Å². The fraction of sp³-hybridized carbons (Fsp3) is 0.143. The Labute approximate surface area is 69.4 Å². The number of carbonyl (C=O) groups excluding carboxylic acids is 1. The van der Waals surface area contributed by atoms with Crippen LogP contribution in [0.2, 0.25) is 5.02 Å². The fourth-order valence-electron chi connectivity index (χ4n) is 0.754. The second-order valence-corrected chi connectivity index (χ2v) is 2.40. The van der Waals surface area contributed by atoms with E-state index in [2.05, 4.69) is 10.3 Å². The molecule has 0 aliphatic heterocycles. The first-order valence-corrected chi connectivity index (χ1v) is 3.44. The maximum Gasteiger partial charge on any atom is 0.153 e. The van der Waals surface area contributed by atoms with Gasteiger partial charge in [-0.05, 0) is 6.07 Å². The van der Waals surface area contributed by atoms with Crippen LogP contribution in [-0.2, 0) is 0 Å². The molecule has 4 heteroatoms. The Hall–Kier alpha value is -1.09. The Morgan fingerprint density at radius 2 is 2.45 bits per heavy atom. The molecular weight excluding hydrogens is 164 g/mol. The topological polar surface area (TPSA) is 42.0 Å². The summed E-state index contributed by atoms with van der Waals surface area (Å²) in [5.41, 5.74) is 0.472. The minimum atomic E-state index is 0.464. The quantitative estimate of drug-likeness (QED) is 0.686. The standard InChI is InChI=1S/C7H7ClN2O/c1-9-7-5(4-11)2-6(8)3-10-7/h2-4H,1H3,(H,9,10). The van der Waals surface area contributed by atoms with E-state index in [9.17, 15) is 4.79 Å². The Morgan fingerprint density at radius 3 is 3.00 bits per heavy atom. The zero-order valence-electron chi connectivity index (χ0n) is 5.97. The SMILES string of the molecule is CNc1ncc(Cl)cc1C=O. The smallest absolute Gasteiger partial charge is 0.153 e. The molecule has 1 aromatic heterocycles. The van der Waals surface area contributed by atoms with Crippen molar-refractivity contribution in [1.82, 2.24) is 4.98 Å². The first-order chi connectivity index (χ1) is 5.27. The van der Waals surface area contributed by atoms with E-state index in [0.717, 1.165) is 0 Å². The molecule has 1 aromatic rings. The average Bonchev–Trinajstić information content (AvgIpc) is 2.04. The number of carbonyl (C=O) groups is 1. The highest BCUT2D eigenvalue weighted by Gasteiger charge is 2.00. The number of aldehydes is 1. The number of anilines is 1. The molecule has 0 amide bonds. The summed E-state index contributed by atoms with van der Waals surface area (Å²) >= 11 is 5.60. The lowest BCUT2D eigenvalue weighted by molar-refractivity contribution is 0.112. The van der Waals surface area contributed by atoms with Crippen LogP contribution in [0.3, 0.4) is 0 Å². The maximum atomic E-state index is 10.4. The predicted octanol–water partition coefficient (Wildman–Crippen LogP) is 1.59. The van der Waals surface area contributed by atoms with E-state index in [4.69, 9.17) is 11.6 Å². The lowest BCUT2D eigenvalue weighted by Gasteiger charge is -2.00. The molecule has 0 aliphatic carbocycles. The van der Waals surface area contributed by atoms with Crippen LogP contribution in [0, 0.1) is 0 Å². The molecule has 0 saturated carbocycles. The van der Waals surface area contributed by atoms with Crippen LogP contribution in [0.4, 0.5) is 5.82 Å². The summed E-state index contributed by atoms with van der Waals surface area (Å²) in [6, 6.07) is 1.56. The molecule has 0 radical (unpaired) electrons. The van der Waals surface area contributed by atoms with Crippen molar-refractivity contribution >= 4 is 23.7 Å². The molecular formula is C7H7ClN2O. The van der Waals surface area contributed by atoms with Gasteiger partial charge < -0.3 is 5.32 Å². The van der Waals surface area contributed by atoms with E-state index in [1.54, 1.807) is 13.1 Å². The Kier molecular flexibility index (Phi) is 2.44. The Morgan fingerprint density at radius 1 is 1.73 bits per heavy atom. The van der Waals surface area contributed by atoms with Crippen LogP contribution < -0.4 is 5.32 Å². The lowest BCUT2D eigenvalue weighted by Crippen LogP contribution is -1.96. The van der Waals surface area contributed by atoms with Crippen LogP contribution in [0.25, 0.3) is 0 Å². The second-order valence-electron chi connectivity index (χ2n) is 1.96. The fourth-order valence-corrected chi connectivity index (χ4v) is 0.920. The van der Waals surface area contributed by atoms with Gasteiger partial charge in [0.25, 0.3) is 0 Å². The molecule has 0 aliphatic rings. The van der Waals surface area contributed by atoms with E-state index >= 15 is 0 Å². The van der Waals surface area contributed by atoms with Gasteiger partial charge in [0, 0.05) is 13.2 Å². The summed E-state index contributed by atoms with van der Waals surface area (Å²) in [4.78, 5) is 14.3. The van der Waals surface area contributed by atoms with Crippen molar-refractivity contribution < 1.29 is 4.79 Å². The minimum absolute atomic E-state index is 0.464. The van der Waals surface area contributed by atoms with Gasteiger partial charge in [-0.2, -0.15) is 0 Å². The average molecular weight is 171 g/mol. The van der Waals surface area contributed by atoms with Crippen LogP contribution in [0.15, 0.2) is 12.3 Å². The monoisotopic (exact) mass is 170 g/mol. The largest absolute Gasteiger partial charge is 0.373 e. The van der Waals surface area contributed by atoms with Crippen molar-refractivity contribution in [1.29, 1.82) is 0 Å². The van der Waals surface area contributed by atoms with Gasteiger partial charge >= 0.3 is 0 Å². The molecule has 0 spiro atoms. The summed E-state index contributed by atoms with van der Waals surface area (Å²) in [5.74, 6) is 0.546. The summed E-state index contributed by atoms with van der Waals surface area (Å²) < 4.78 is 0. The van der Waals surface area contributed by atoms with Gasteiger partial charge in [0.15, 0.2) is 6.29 Å². The summed E-state index contributed by atoms with van der Waals surface area (Å²) in [5, 5.41) is 3.24. The van der Waals surface area contributed by atoms with Crippen LogP contribution in [0.1, 0.15) is 10.4 Å². The highest BCUT2D eigenvalue weighted by Crippen LogP contribution is 2.14. The van der Waals surface area contributed by atoms with Crippen molar-refractivity contribution in [2.75, 3.05) is 12.4 Å². The molecule has 58 valence electrons. The van der Waals surface area contributed by atoms with Crippen molar-refractivity contribution in [3.05, 3.63) is 22.8 Å². The number of nitrogens with one attached hydrogen (secondary N) is 1. The van der Waals surface area contributed by atoms with Gasteiger partial charge in [-0.25, -0.2) is 4.98 Å². The Balaban J connectivity index is 3.16. The summed E-state index contributed by atoms with van der Waals surface area (Å²) in [7, 11) is 1.70. The molecule has 0 atom stereocenters. The summed E-state index contributed by atoms with van der Waals surface area (Å²) in [6.45, 7) is 0. The van der Waals surface area contributed by atoms with E-state index < -0.39 is 0 Å². The molecule has 0 unspecified atom stereocenters. The van der Waals surface area contributed by atoms with Gasteiger partial charge in [-0.3, -0.25) is 4.79 Å². The number of hydrogen-bond acceptors (Lipinski definition) is 3. The van der Waals surface area contributed by atoms with Gasteiger partial charge in [-0.15, -0.1) is 0 Å². The van der Waals surface area contributed by atoms with Gasteiger partial charge in [0.1, 0.15) is 5.82 Å². The highest BCUT2D eigenvalue weighted by atomic mass is 35.5. The molecule has 11 heavy (non-hydrogen) atoms. The third-order valence-electron chi connectivity index (χ3n) is 1.25. The van der Waals surface area contributed by atoms with Crippen molar-refractivity contribution in [2.45, 2.75) is 0 Å². The normalized spacial score (nSPS) is 9.27. The van der Waals surface area contributed by atoms with Crippen molar-refractivity contribution in [3.63, 3.8) is 0 Å². The molecule has 3 nitrogen and oxygen atoms in total. The molecule has 1 heterocycles.